The van der Waals surface area contributed by atoms with Gasteiger partial charge in [-0.15, -0.1) is 0 Å². The topological polar surface area (TPSA) is 17.1 Å². The Hall–Kier alpha value is -0.590. The van der Waals surface area contributed by atoms with Gasteiger partial charge in [-0.1, -0.05) is 25.8 Å². The minimum absolute atomic E-state index is 0.426. The molecule has 0 N–H and O–H groups in total. The highest BCUT2D eigenvalue weighted by molar-refractivity contribution is 6.00. The number of unbranched alkanes of at least 4 members (excludes halogenated alkanes) is 2. The Balaban J connectivity index is 1.68. The van der Waals surface area contributed by atoms with Crippen LogP contribution >= 0.6 is 0 Å². The predicted octanol–water partition coefficient (Wildman–Crippen LogP) is 3.74. The van der Waals surface area contributed by atoms with Crippen molar-refractivity contribution in [3.63, 3.8) is 0 Å². The van der Waals surface area contributed by atoms with Crippen molar-refractivity contribution in [3.05, 3.63) is 11.6 Å². The Morgan fingerprint density at radius 2 is 2.06 bits per heavy atom. The lowest BCUT2D eigenvalue weighted by atomic mass is 9.81. The van der Waals surface area contributed by atoms with Crippen LogP contribution in [0.2, 0.25) is 0 Å². The van der Waals surface area contributed by atoms with Crippen LogP contribution in [0.25, 0.3) is 0 Å². The molecule has 3 aliphatic carbocycles. The minimum Gasteiger partial charge on any atom is -0.294 e. The quantitative estimate of drug-likeness (QED) is 0.657. The van der Waals surface area contributed by atoms with Gasteiger partial charge in [-0.05, 0) is 55.4 Å². The second kappa shape index (κ2) is 4.01. The summed E-state index contributed by atoms with van der Waals surface area (Å²) in [6.07, 6.45) is 11.2. The first-order valence-electron chi connectivity index (χ1n) is 7.06. The van der Waals surface area contributed by atoms with Gasteiger partial charge in [0.05, 0.1) is 0 Å². The number of allylic oxidation sites excluding steroid dienone is 2. The number of carbonyl (C=O) groups excluding carboxylic acids is 1. The van der Waals surface area contributed by atoms with Crippen molar-refractivity contribution in [2.24, 2.45) is 23.7 Å². The number of fused-ring (bicyclic) bond motifs is 5. The third-order valence-corrected chi connectivity index (χ3v) is 5.04. The second-order valence-corrected chi connectivity index (χ2v) is 5.95. The van der Waals surface area contributed by atoms with Crippen LogP contribution in [0.4, 0.5) is 0 Å². The van der Waals surface area contributed by atoms with Crippen LogP contribution in [-0.4, -0.2) is 5.78 Å². The van der Waals surface area contributed by atoms with Gasteiger partial charge in [-0.2, -0.15) is 0 Å². The van der Waals surface area contributed by atoms with E-state index in [9.17, 15) is 4.79 Å². The summed E-state index contributed by atoms with van der Waals surface area (Å²) in [6, 6.07) is 0. The van der Waals surface area contributed by atoms with E-state index < -0.39 is 0 Å². The molecular formula is C15H22O. The Kier molecular flexibility index (Phi) is 2.65. The Labute approximate surface area is 98.3 Å². The molecule has 0 heterocycles. The molecule has 1 nitrogen and oxygen atoms in total. The maximum absolute atomic E-state index is 12.3. The highest BCUT2D eigenvalue weighted by atomic mass is 16.1. The normalized spacial score (nSPS) is 40.3. The number of ketones is 1. The van der Waals surface area contributed by atoms with Crippen molar-refractivity contribution in [3.8, 4) is 0 Å². The van der Waals surface area contributed by atoms with Crippen molar-refractivity contribution in [1.29, 1.82) is 0 Å². The van der Waals surface area contributed by atoms with Gasteiger partial charge in [-0.3, -0.25) is 4.79 Å². The minimum atomic E-state index is 0.426. The van der Waals surface area contributed by atoms with Crippen molar-refractivity contribution < 1.29 is 4.79 Å². The van der Waals surface area contributed by atoms with Gasteiger partial charge in [0.15, 0.2) is 5.78 Å². The average Bonchev–Trinajstić information content (AvgIpc) is 2.93. The van der Waals surface area contributed by atoms with Gasteiger partial charge in [-0.25, -0.2) is 0 Å². The van der Waals surface area contributed by atoms with Gasteiger partial charge < -0.3 is 0 Å². The van der Waals surface area contributed by atoms with Crippen LogP contribution in [0.15, 0.2) is 11.6 Å². The summed E-state index contributed by atoms with van der Waals surface area (Å²) in [7, 11) is 0. The molecular weight excluding hydrogens is 196 g/mol. The van der Waals surface area contributed by atoms with Gasteiger partial charge >= 0.3 is 0 Å². The fourth-order valence-corrected chi connectivity index (χ4v) is 4.27. The Morgan fingerprint density at radius 1 is 1.25 bits per heavy atom. The van der Waals surface area contributed by atoms with E-state index in [0.29, 0.717) is 17.6 Å². The van der Waals surface area contributed by atoms with E-state index in [4.69, 9.17) is 0 Å². The molecule has 1 heteroatoms. The number of hydrogen-bond donors (Lipinski definition) is 0. The lowest BCUT2D eigenvalue weighted by molar-refractivity contribution is -0.120. The standard InChI is InChI=1S/C15H22O/c1-2-3-4-5-12-9-13-10-6-7-11(8-10)14(13)15(12)16/h9-11,13-14H,2-8H2,1H3/t10-,11+,13+,14-/m0/s1. The molecule has 4 atom stereocenters. The molecule has 0 radical (unpaired) electrons. The first-order valence-corrected chi connectivity index (χ1v) is 7.06. The number of hydrogen-bond acceptors (Lipinski definition) is 1. The van der Waals surface area contributed by atoms with Crippen molar-refractivity contribution in [2.45, 2.75) is 51.9 Å². The monoisotopic (exact) mass is 218 g/mol. The van der Waals surface area contributed by atoms with Gasteiger partial charge in [0, 0.05) is 5.92 Å². The molecule has 0 aliphatic heterocycles. The molecule has 16 heavy (non-hydrogen) atoms. The smallest absolute Gasteiger partial charge is 0.162 e. The van der Waals surface area contributed by atoms with Crippen LogP contribution < -0.4 is 0 Å². The molecule has 0 saturated heterocycles. The summed E-state index contributed by atoms with van der Waals surface area (Å²) >= 11 is 0. The first kappa shape index (κ1) is 10.6. The Morgan fingerprint density at radius 3 is 2.81 bits per heavy atom. The predicted molar refractivity (Wildman–Crippen MR) is 65.0 cm³/mol. The van der Waals surface area contributed by atoms with Crippen LogP contribution in [0.3, 0.4) is 0 Å². The van der Waals surface area contributed by atoms with Crippen LogP contribution in [-0.2, 0) is 4.79 Å². The zero-order chi connectivity index (χ0) is 11.1. The van der Waals surface area contributed by atoms with Crippen molar-refractivity contribution in [1.82, 2.24) is 0 Å². The SMILES string of the molecule is CCCCCC1=C[C@@H]2[C@H]3CC[C@H](C3)[C@@H]2C1=O. The van der Waals surface area contributed by atoms with Gasteiger partial charge in [0.25, 0.3) is 0 Å². The molecule has 2 fully saturated rings. The summed E-state index contributed by atoms with van der Waals surface area (Å²) in [5.74, 6) is 3.23. The summed E-state index contributed by atoms with van der Waals surface area (Å²) in [5, 5.41) is 0. The van der Waals surface area contributed by atoms with E-state index in [1.807, 2.05) is 0 Å². The maximum atomic E-state index is 12.3. The number of carbonyl (C=O) groups is 1. The van der Waals surface area contributed by atoms with Crippen LogP contribution in [0.1, 0.15) is 51.9 Å². The fraction of sp³-hybridized carbons (Fsp3) is 0.800. The third kappa shape index (κ3) is 1.48. The zero-order valence-corrected chi connectivity index (χ0v) is 10.2. The molecule has 2 bridgehead atoms. The van der Waals surface area contributed by atoms with Crippen molar-refractivity contribution >= 4 is 5.78 Å². The molecule has 0 aromatic heterocycles. The van der Waals surface area contributed by atoms with E-state index in [-0.39, 0.29) is 0 Å². The zero-order valence-electron chi connectivity index (χ0n) is 10.2. The van der Waals surface area contributed by atoms with E-state index in [0.717, 1.165) is 18.3 Å². The molecule has 2 saturated carbocycles. The first-order chi connectivity index (χ1) is 7.81. The van der Waals surface area contributed by atoms with E-state index in [2.05, 4.69) is 13.0 Å². The summed E-state index contributed by atoms with van der Waals surface area (Å²) < 4.78 is 0. The molecule has 0 unspecified atom stereocenters. The molecule has 3 rings (SSSR count). The molecule has 0 amide bonds. The lowest BCUT2D eigenvalue weighted by Crippen LogP contribution is -2.23. The average molecular weight is 218 g/mol. The van der Waals surface area contributed by atoms with Crippen LogP contribution in [0.5, 0.6) is 0 Å². The number of rotatable bonds is 4. The maximum Gasteiger partial charge on any atom is 0.162 e. The molecule has 0 spiro atoms. The van der Waals surface area contributed by atoms with Crippen molar-refractivity contribution in [2.75, 3.05) is 0 Å². The highest BCUT2D eigenvalue weighted by Crippen LogP contribution is 2.56. The largest absolute Gasteiger partial charge is 0.294 e. The summed E-state index contributed by atoms with van der Waals surface area (Å²) in [5.41, 5.74) is 1.19. The number of Topliss-reactive ketones (excluding diaryl/α,β-unsaturated/α-hetero) is 1. The fourth-order valence-electron chi connectivity index (χ4n) is 4.27. The van der Waals surface area contributed by atoms with Gasteiger partial charge in [0.2, 0.25) is 0 Å². The second-order valence-electron chi connectivity index (χ2n) is 5.95. The molecule has 0 aromatic carbocycles. The Bertz CT molecular complexity index is 328. The highest BCUT2D eigenvalue weighted by Gasteiger charge is 2.52. The molecule has 88 valence electrons. The van der Waals surface area contributed by atoms with Crippen LogP contribution in [0, 0.1) is 23.7 Å². The summed E-state index contributed by atoms with van der Waals surface area (Å²) in [4.78, 5) is 12.3. The third-order valence-electron chi connectivity index (χ3n) is 5.04. The molecule has 3 aliphatic rings. The molecule has 0 aromatic rings. The van der Waals surface area contributed by atoms with E-state index in [1.54, 1.807) is 0 Å². The lowest BCUT2D eigenvalue weighted by Gasteiger charge is -2.22. The van der Waals surface area contributed by atoms with E-state index in [1.165, 1.54) is 44.1 Å². The summed E-state index contributed by atoms with van der Waals surface area (Å²) in [6.45, 7) is 2.22. The van der Waals surface area contributed by atoms with Gasteiger partial charge in [0.1, 0.15) is 0 Å². The van der Waals surface area contributed by atoms with E-state index >= 15 is 0 Å².